The largest absolute Gasteiger partial charge is 0.508 e. The zero-order valence-electron chi connectivity index (χ0n) is 61.0. The second-order valence-electron chi connectivity index (χ2n) is 23.1. The number of aromatic nitrogens is 4. The minimum absolute atomic E-state index is 0. The first kappa shape index (κ1) is 91.0. The molecule has 0 unspecified atom stereocenters. The first-order valence-corrected chi connectivity index (χ1v) is 36.4. The van der Waals surface area contributed by atoms with E-state index in [9.17, 15) is 49.2 Å². The van der Waals surface area contributed by atoms with E-state index in [0.29, 0.717) is 84.2 Å². The highest BCUT2D eigenvalue weighted by Gasteiger charge is 2.18. The average molecular weight is 1660 g/mol. The molecule has 12 N–H and O–H groups in total. The molecule has 11 aromatic rings. The lowest BCUT2D eigenvalue weighted by Gasteiger charge is -2.11. The topological polar surface area (TPSA) is 385 Å². The summed E-state index contributed by atoms with van der Waals surface area (Å²) in [6, 6.07) is 45.9. The maximum Gasteiger partial charge on any atom is 0.488 e. The molecule has 3 amide bonds. The number of halogens is 3. The van der Waals surface area contributed by atoms with Crippen LogP contribution in [-0.2, 0) is 14.3 Å². The first-order chi connectivity index (χ1) is 52.0. The van der Waals surface area contributed by atoms with Crippen LogP contribution in [0.25, 0.3) is 22.3 Å². The normalized spacial score (nSPS) is 10.4. The summed E-state index contributed by atoms with van der Waals surface area (Å²) >= 11 is 13.6. The van der Waals surface area contributed by atoms with E-state index in [4.69, 9.17) is 46.7 Å². The van der Waals surface area contributed by atoms with Gasteiger partial charge in [0.05, 0.1) is 41.3 Å². The fraction of sp³-hybridized carbons (Fsp3) is 0.150. The Morgan fingerprint density at radius 2 is 0.818 bits per heavy atom. The molecule has 0 saturated carbocycles. The lowest BCUT2D eigenvalue weighted by atomic mass is 9.80. The molecule has 110 heavy (non-hydrogen) atoms. The summed E-state index contributed by atoms with van der Waals surface area (Å²) in [6.45, 7) is 11.4. The van der Waals surface area contributed by atoms with Crippen molar-refractivity contribution >= 4 is 134 Å². The molecule has 1 aliphatic heterocycles. The van der Waals surface area contributed by atoms with E-state index >= 15 is 0 Å². The molecule has 12 rings (SSSR count). The van der Waals surface area contributed by atoms with Gasteiger partial charge in [0.1, 0.15) is 40.2 Å². The number of nitrogens with one attached hydrogen (secondary N) is 3. The number of rotatable bonds is 12. The van der Waals surface area contributed by atoms with Gasteiger partial charge in [-0.2, -0.15) is 11.8 Å². The Morgan fingerprint density at radius 1 is 0.464 bits per heavy atom. The molecule has 30 heteroatoms. The van der Waals surface area contributed by atoms with Gasteiger partial charge in [0.2, 0.25) is 0 Å². The summed E-state index contributed by atoms with van der Waals surface area (Å²) in [6.07, 6.45) is 19.5. The van der Waals surface area contributed by atoms with Crippen molar-refractivity contribution in [1.29, 1.82) is 0 Å². The van der Waals surface area contributed by atoms with Gasteiger partial charge < -0.3 is 71.5 Å². The SMILES string of the molecule is C1CCOC1.CC(=O)Oc1cccc(C(=O)Cl)c1C.CC(=O)Oc1cccc(C(=O)Nc2cncc(Br)c2)c1C.CSC.Cc1c(O)cccc1C(=O)Nc1cncc(-c2cccc(O)c2)c1.Cc1c(O)cccc1C(=O)Nc1cncc(-c2cccc(O)c2)c1.Nc1cncc(Br)c1.OB(O)c1cccc(O)c1.[B]. The van der Waals surface area contributed by atoms with Crippen LogP contribution < -0.4 is 36.6 Å². The molecule has 1 fully saturated rings. The summed E-state index contributed by atoms with van der Waals surface area (Å²) in [5.74, 6) is -0.521. The molecule has 0 aliphatic carbocycles. The van der Waals surface area contributed by atoms with Crippen LogP contribution in [0, 0.1) is 27.7 Å². The molecule has 7 aromatic carbocycles. The number of esters is 2. The smallest absolute Gasteiger partial charge is 0.488 e. The van der Waals surface area contributed by atoms with E-state index in [-0.39, 0.29) is 54.9 Å². The number of carbonyl (C=O) groups is 6. The van der Waals surface area contributed by atoms with E-state index in [0.717, 1.165) is 44.4 Å². The number of hydrogen-bond acceptors (Lipinski definition) is 22. The number of ether oxygens (including phenoxy) is 3. The molecule has 3 radical (unpaired) electrons. The van der Waals surface area contributed by atoms with E-state index in [1.54, 1.807) is 216 Å². The minimum Gasteiger partial charge on any atom is -0.508 e. The Kier molecular flexibility index (Phi) is 39.2. The van der Waals surface area contributed by atoms with E-state index in [1.807, 2.05) is 24.6 Å². The number of pyridine rings is 4. The number of anilines is 4. The van der Waals surface area contributed by atoms with Crippen LogP contribution in [0.3, 0.4) is 0 Å². The summed E-state index contributed by atoms with van der Waals surface area (Å²) < 4.78 is 16.6. The van der Waals surface area contributed by atoms with Crippen molar-refractivity contribution in [1.82, 2.24) is 19.9 Å². The van der Waals surface area contributed by atoms with Gasteiger partial charge in [0, 0.05) is 131 Å². The molecule has 24 nitrogen and oxygen atoms in total. The predicted octanol–water partition coefficient (Wildman–Crippen LogP) is 15.0. The fourth-order valence-electron chi connectivity index (χ4n) is 9.36. The lowest BCUT2D eigenvalue weighted by Crippen LogP contribution is -2.29. The standard InChI is InChI=1S/2C19H16N2O3.C15H13BrN2O3.C10H9ClO3.C6H7BO3.C5H5BrN2.C4H8O.C2H6S.B/c2*1-12-17(6-3-7-18(12)23)19(24)21-15-8-14(10-20-11-15)13-4-2-5-16(22)9-13;1-9-13(4-3-5-14(9)21-10(2)19)15(20)18-12-6-11(16)7-17-8-12;1-6-8(10(11)13)4-3-5-9(6)14-7(2)12;8-6-3-1-2-5(4-6)7(9)10;6-4-1-5(7)3-8-2-4;1-2-4-5-3-1;1-3-2;/h2*2-11,22-23H,1H3,(H,21,24);3-8H,1-2H3,(H,18,20);3-5H,1-2H3;1-4,8-10H;1-3H,7H2;1-4H2;1-2H3;. The Hall–Kier alpha value is -11.4. The Morgan fingerprint density at radius 3 is 1.16 bits per heavy atom. The molecule has 0 atom stereocenters. The molecule has 1 aliphatic rings. The molecule has 1 saturated heterocycles. The summed E-state index contributed by atoms with van der Waals surface area (Å²) in [5, 5.41) is 72.4. The number of carbonyl (C=O) groups excluding carboxylic acids is 6. The third-order valence-corrected chi connectivity index (χ3v) is 15.7. The van der Waals surface area contributed by atoms with Crippen molar-refractivity contribution in [3.8, 4) is 62.5 Å². The van der Waals surface area contributed by atoms with E-state index in [1.165, 1.54) is 57.0 Å². The van der Waals surface area contributed by atoms with Crippen LogP contribution in [0.2, 0.25) is 0 Å². The number of phenols is 5. The fourth-order valence-corrected chi connectivity index (χ4v) is 10.3. The summed E-state index contributed by atoms with van der Waals surface area (Å²) in [4.78, 5) is 85.8. The van der Waals surface area contributed by atoms with Crippen molar-refractivity contribution in [3.63, 3.8) is 0 Å². The van der Waals surface area contributed by atoms with Gasteiger partial charge in [-0.05, 0) is 222 Å². The minimum atomic E-state index is -1.51. The number of nitrogens with two attached hydrogens (primary N) is 1. The van der Waals surface area contributed by atoms with Crippen LogP contribution in [0.1, 0.15) is 90.4 Å². The molecule has 569 valence electrons. The number of aromatic hydroxyl groups is 5. The van der Waals surface area contributed by atoms with Crippen LogP contribution in [-0.4, -0.2) is 132 Å². The highest BCUT2D eigenvalue weighted by molar-refractivity contribution is 9.10. The number of thioether (sulfide) groups is 1. The van der Waals surface area contributed by atoms with E-state index < -0.39 is 24.3 Å². The second-order valence-corrected chi connectivity index (χ2v) is 26.1. The Labute approximate surface area is 665 Å². The zero-order chi connectivity index (χ0) is 80.1. The molecule has 5 heterocycles. The molecular formula is C80H80B2Br2ClN8O16S. The van der Waals surface area contributed by atoms with Gasteiger partial charge in [-0.3, -0.25) is 48.7 Å². The summed E-state index contributed by atoms with van der Waals surface area (Å²) in [5.41, 5.74) is 14.9. The van der Waals surface area contributed by atoms with Crippen molar-refractivity contribution in [2.45, 2.75) is 54.4 Å². The monoisotopic (exact) mass is 1660 g/mol. The number of nitrogen functional groups attached to an aromatic ring is 1. The molecular weight excluding hydrogens is 1580 g/mol. The Balaban J connectivity index is 0.000000281. The van der Waals surface area contributed by atoms with Gasteiger partial charge in [-0.25, -0.2) is 0 Å². The third-order valence-electron chi connectivity index (χ3n) is 14.7. The quantitative estimate of drug-likeness (QED) is 0.0234. The molecule has 0 bridgehead atoms. The third kappa shape index (κ3) is 31.4. The summed E-state index contributed by atoms with van der Waals surface area (Å²) in [7, 11) is -1.51. The number of benzene rings is 7. The number of phenolic OH excluding ortho intramolecular Hbond substituents is 5. The van der Waals surface area contributed by atoms with Crippen LogP contribution in [0.5, 0.6) is 40.2 Å². The van der Waals surface area contributed by atoms with Gasteiger partial charge >= 0.3 is 19.1 Å². The lowest BCUT2D eigenvalue weighted by molar-refractivity contribution is -0.132. The molecule has 0 spiro atoms. The van der Waals surface area contributed by atoms with Gasteiger partial charge in [-0.15, -0.1) is 0 Å². The van der Waals surface area contributed by atoms with Crippen molar-refractivity contribution in [2.24, 2.45) is 0 Å². The maximum atomic E-state index is 12.4. The van der Waals surface area contributed by atoms with E-state index in [2.05, 4.69) is 67.7 Å². The van der Waals surface area contributed by atoms with Gasteiger partial charge in [0.25, 0.3) is 23.0 Å². The number of amides is 3. The van der Waals surface area contributed by atoms with Crippen molar-refractivity contribution < 1.29 is 78.6 Å². The number of nitrogens with zero attached hydrogens (tertiary/aromatic N) is 4. The van der Waals surface area contributed by atoms with Crippen molar-refractivity contribution in [3.05, 3.63) is 273 Å². The van der Waals surface area contributed by atoms with Crippen LogP contribution in [0.15, 0.2) is 228 Å². The van der Waals surface area contributed by atoms with Crippen LogP contribution in [0.4, 0.5) is 22.7 Å². The second kappa shape index (κ2) is 47.4. The Bertz CT molecular complexity index is 4720. The number of hydrogen-bond donors (Lipinski definition) is 11. The molecule has 4 aromatic heterocycles. The van der Waals surface area contributed by atoms with Gasteiger partial charge in [0.15, 0.2) is 0 Å². The van der Waals surface area contributed by atoms with Crippen molar-refractivity contribution in [2.75, 3.05) is 47.4 Å². The highest BCUT2D eigenvalue weighted by Crippen LogP contribution is 2.30. The first-order valence-electron chi connectivity index (χ1n) is 32.8. The highest BCUT2D eigenvalue weighted by atomic mass is 79.9. The maximum absolute atomic E-state index is 12.4. The zero-order valence-corrected chi connectivity index (χ0v) is 65.7. The van der Waals surface area contributed by atoms with Gasteiger partial charge in [-0.1, -0.05) is 60.7 Å². The average Bonchev–Trinajstić information content (AvgIpc) is 0.908. The predicted molar refractivity (Wildman–Crippen MR) is 439 cm³/mol. The van der Waals surface area contributed by atoms with Crippen LogP contribution >= 0.6 is 55.2 Å².